The third-order valence-electron chi connectivity index (χ3n) is 9.48. The van der Waals surface area contributed by atoms with Crippen LogP contribution in [0.5, 0.6) is 0 Å². The van der Waals surface area contributed by atoms with Crippen molar-refractivity contribution in [1.29, 1.82) is 0 Å². The van der Waals surface area contributed by atoms with E-state index in [1.54, 1.807) is 5.57 Å². The van der Waals surface area contributed by atoms with Crippen LogP contribution in [-0.4, -0.2) is 23.2 Å². The second kappa shape index (κ2) is 10.4. The van der Waals surface area contributed by atoms with Gasteiger partial charge < -0.3 is 9.94 Å². The molecular weight excluding hydrogens is 470 g/mol. The SMILES string of the molecule is CC12CC(c3ccc(C#C/C=N\OCc4ccccc4)cc3)C3=C4CCC(=O)C=C4CCC3C1CCC2O. The molecule has 0 bridgehead atoms. The van der Waals surface area contributed by atoms with E-state index in [4.69, 9.17) is 4.84 Å². The van der Waals surface area contributed by atoms with Gasteiger partial charge in [0.05, 0.1) is 6.10 Å². The highest BCUT2D eigenvalue weighted by Crippen LogP contribution is 2.63. The summed E-state index contributed by atoms with van der Waals surface area (Å²) in [5.41, 5.74) is 7.53. The third kappa shape index (κ3) is 4.65. The minimum Gasteiger partial charge on any atom is -0.393 e. The number of oxime groups is 1. The first kappa shape index (κ1) is 24.9. The van der Waals surface area contributed by atoms with E-state index in [0.717, 1.165) is 49.7 Å². The van der Waals surface area contributed by atoms with Gasteiger partial charge in [-0.1, -0.05) is 66.0 Å². The van der Waals surface area contributed by atoms with Crippen molar-refractivity contribution in [2.45, 2.75) is 70.5 Å². The summed E-state index contributed by atoms with van der Waals surface area (Å²) in [5.74, 6) is 7.70. The fourth-order valence-electron chi connectivity index (χ4n) is 7.60. The minimum absolute atomic E-state index is 0.0558. The maximum absolute atomic E-state index is 12.2. The Morgan fingerprint density at radius 1 is 1.05 bits per heavy atom. The molecule has 0 radical (unpaired) electrons. The van der Waals surface area contributed by atoms with Crippen molar-refractivity contribution in [1.82, 2.24) is 0 Å². The van der Waals surface area contributed by atoms with Crippen molar-refractivity contribution in [3.63, 3.8) is 0 Å². The Bertz CT molecular complexity index is 1360. The Kier molecular flexibility index (Phi) is 6.80. The molecule has 0 saturated heterocycles. The standard InChI is InChI=1S/C34H35NO3/c1-34-21-30(25-11-9-23(10-12-25)8-5-19-35-38-22-24-6-3-2-4-7-24)33-28-16-14-27(36)20-26(28)13-15-29(33)31(34)17-18-32(34)37/h2-4,6-7,9-12,19-20,29-32,37H,13-18,21-22H2,1H3/b35-19-. The summed E-state index contributed by atoms with van der Waals surface area (Å²) in [6, 6.07) is 18.5. The number of benzene rings is 2. The zero-order chi connectivity index (χ0) is 26.1. The molecule has 2 fully saturated rings. The van der Waals surface area contributed by atoms with Gasteiger partial charge in [0.2, 0.25) is 0 Å². The molecule has 0 spiro atoms. The molecule has 0 amide bonds. The van der Waals surface area contributed by atoms with Crippen molar-refractivity contribution in [3.8, 4) is 11.8 Å². The molecule has 2 saturated carbocycles. The number of nitrogens with zero attached hydrogens (tertiary/aromatic N) is 1. The molecule has 0 aromatic heterocycles. The molecule has 5 atom stereocenters. The van der Waals surface area contributed by atoms with Gasteiger partial charge >= 0.3 is 0 Å². The largest absolute Gasteiger partial charge is 0.393 e. The quantitative estimate of drug-likeness (QED) is 0.293. The van der Waals surface area contributed by atoms with E-state index in [1.165, 1.54) is 22.9 Å². The van der Waals surface area contributed by atoms with E-state index >= 15 is 0 Å². The van der Waals surface area contributed by atoms with Crippen molar-refractivity contribution >= 4 is 12.0 Å². The smallest absolute Gasteiger partial charge is 0.156 e. The average molecular weight is 506 g/mol. The Morgan fingerprint density at radius 3 is 2.68 bits per heavy atom. The zero-order valence-electron chi connectivity index (χ0n) is 22.0. The number of hydrogen-bond acceptors (Lipinski definition) is 4. The molecule has 4 aliphatic carbocycles. The van der Waals surface area contributed by atoms with Gasteiger partial charge in [-0.15, -0.1) is 0 Å². The maximum atomic E-state index is 12.2. The first-order valence-electron chi connectivity index (χ1n) is 14.0. The van der Waals surface area contributed by atoms with Crippen LogP contribution in [0.15, 0.2) is 82.5 Å². The summed E-state index contributed by atoms with van der Waals surface area (Å²) in [5, 5.41) is 15.0. The summed E-state index contributed by atoms with van der Waals surface area (Å²) in [6.45, 7) is 2.74. The van der Waals surface area contributed by atoms with E-state index in [2.05, 4.69) is 48.2 Å². The molecular formula is C34H35NO3. The lowest BCUT2D eigenvalue weighted by Crippen LogP contribution is -2.45. The predicted molar refractivity (Wildman–Crippen MR) is 149 cm³/mol. The predicted octanol–water partition coefficient (Wildman–Crippen LogP) is 6.50. The van der Waals surface area contributed by atoms with Crippen LogP contribution in [0.25, 0.3) is 0 Å². The molecule has 2 aromatic carbocycles. The molecule has 1 N–H and O–H groups in total. The molecule has 194 valence electrons. The summed E-state index contributed by atoms with van der Waals surface area (Å²) in [7, 11) is 0. The van der Waals surface area contributed by atoms with E-state index in [1.807, 2.05) is 36.4 Å². The zero-order valence-corrected chi connectivity index (χ0v) is 22.0. The number of fused-ring (bicyclic) bond motifs is 4. The van der Waals surface area contributed by atoms with E-state index in [-0.39, 0.29) is 23.2 Å². The van der Waals surface area contributed by atoms with Crippen LogP contribution in [0.4, 0.5) is 0 Å². The summed E-state index contributed by atoms with van der Waals surface area (Å²) >= 11 is 0. The third-order valence-corrected chi connectivity index (χ3v) is 9.48. The van der Waals surface area contributed by atoms with Crippen LogP contribution in [-0.2, 0) is 16.2 Å². The monoisotopic (exact) mass is 505 g/mol. The van der Waals surface area contributed by atoms with E-state index < -0.39 is 0 Å². The molecule has 5 unspecified atom stereocenters. The van der Waals surface area contributed by atoms with Crippen LogP contribution in [0.3, 0.4) is 0 Å². The number of carbonyl (C=O) groups is 1. The van der Waals surface area contributed by atoms with Crippen LogP contribution >= 0.6 is 0 Å². The molecule has 4 nitrogen and oxygen atoms in total. The van der Waals surface area contributed by atoms with Gasteiger partial charge in [0, 0.05) is 17.9 Å². The highest BCUT2D eigenvalue weighted by Gasteiger charge is 2.56. The van der Waals surface area contributed by atoms with Crippen LogP contribution in [0, 0.1) is 29.1 Å². The van der Waals surface area contributed by atoms with Crippen molar-refractivity contribution in [2.24, 2.45) is 22.4 Å². The van der Waals surface area contributed by atoms with Crippen LogP contribution in [0.1, 0.15) is 74.5 Å². The first-order chi connectivity index (χ1) is 18.5. The fourth-order valence-corrected chi connectivity index (χ4v) is 7.60. The van der Waals surface area contributed by atoms with Gasteiger partial charge in [-0.2, -0.15) is 0 Å². The van der Waals surface area contributed by atoms with Crippen LogP contribution < -0.4 is 0 Å². The topological polar surface area (TPSA) is 58.9 Å². The Morgan fingerprint density at radius 2 is 1.87 bits per heavy atom. The van der Waals surface area contributed by atoms with E-state index in [0.29, 0.717) is 24.9 Å². The number of ketones is 1. The average Bonchev–Trinajstić information content (AvgIpc) is 3.24. The van der Waals surface area contributed by atoms with Gasteiger partial charge in [0.1, 0.15) is 12.8 Å². The van der Waals surface area contributed by atoms with Crippen molar-refractivity contribution < 1.29 is 14.7 Å². The van der Waals surface area contributed by atoms with E-state index in [9.17, 15) is 9.90 Å². The van der Waals surface area contributed by atoms with Crippen molar-refractivity contribution in [2.75, 3.05) is 0 Å². The molecule has 0 heterocycles. The van der Waals surface area contributed by atoms with Gasteiger partial charge in [-0.25, -0.2) is 0 Å². The molecule has 38 heavy (non-hydrogen) atoms. The Balaban J connectivity index is 1.23. The molecule has 0 aliphatic heterocycles. The summed E-state index contributed by atoms with van der Waals surface area (Å²) < 4.78 is 0. The molecule has 4 aliphatic rings. The second-order valence-electron chi connectivity index (χ2n) is 11.6. The summed E-state index contributed by atoms with van der Waals surface area (Å²) in [4.78, 5) is 17.5. The van der Waals surface area contributed by atoms with Gasteiger partial charge in [-0.05, 0) is 102 Å². The lowest BCUT2D eigenvalue weighted by Gasteiger charge is -2.52. The van der Waals surface area contributed by atoms with Gasteiger partial charge in [-0.3, -0.25) is 4.79 Å². The van der Waals surface area contributed by atoms with Gasteiger partial charge in [0.15, 0.2) is 5.78 Å². The number of aliphatic hydroxyl groups is 1. The number of rotatable bonds is 4. The Labute approximate surface area is 225 Å². The second-order valence-corrected chi connectivity index (χ2v) is 11.6. The maximum Gasteiger partial charge on any atom is 0.156 e. The van der Waals surface area contributed by atoms with Gasteiger partial charge in [0.25, 0.3) is 0 Å². The van der Waals surface area contributed by atoms with Crippen molar-refractivity contribution in [3.05, 3.63) is 94.1 Å². The molecule has 6 rings (SSSR count). The number of aliphatic hydroxyl groups excluding tert-OH is 1. The first-order valence-corrected chi connectivity index (χ1v) is 14.0. The lowest BCUT2D eigenvalue weighted by molar-refractivity contribution is -0.114. The number of allylic oxidation sites excluding steroid dienone is 4. The number of carbonyl (C=O) groups excluding carboxylic acids is 1. The normalized spacial score (nSPS) is 30.2. The minimum atomic E-state index is -0.236. The van der Waals surface area contributed by atoms with Crippen LogP contribution in [0.2, 0.25) is 0 Å². The highest BCUT2D eigenvalue weighted by molar-refractivity contribution is 5.93. The fraction of sp³-hybridized carbons (Fsp3) is 0.412. The Hall–Kier alpha value is -3.42. The number of hydrogen-bond donors (Lipinski definition) is 1. The molecule has 2 aromatic rings. The lowest BCUT2D eigenvalue weighted by atomic mass is 9.53. The highest BCUT2D eigenvalue weighted by atomic mass is 16.6. The molecule has 4 heteroatoms. The summed E-state index contributed by atoms with van der Waals surface area (Å²) in [6.07, 6.45) is 9.73.